The van der Waals surface area contributed by atoms with Crippen LogP contribution in [0.3, 0.4) is 0 Å². The second-order valence-corrected chi connectivity index (χ2v) is 17.1. The van der Waals surface area contributed by atoms with Gasteiger partial charge in [0.2, 0.25) is 23.7 Å². The molecule has 8 rings (SSSR count). The topological polar surface area (TPSA) is 170 Å². The first kappa shape index (κ1) is 45.5. The molecule has 2 saturated heterocycles. The number of nitrogens with one attached hydrogen (secondary N) is 2. The molecule has 0 spiro atoms. The zero-order valence-corrected chi connectivity index (χ0v) is 38.2. The molecule has 2 aliphatic heterocycles. The van der Waals surface area contributed by atoms with E-state index in [1.807, 2.05) is 76.1 Å². The molecule has 2 fully saturated rings. The van der Waals surface area contributed by atoms with E-state index < -0.39 is 0 Å². The highest BCUT2D eigenvalue weighted by Crippen LogP contribution is 2.26. The molecular formula is C48H60N12O4. The Morgan fingerprint density at radius 1 is 0.641 bits per heavy atom. The van der Waals surface area contributed by atoms with Gasteiger partial charge in [0.1, 0.15) is 0 Å². The lowest BCUT2D eigenvalue weighted by molar-refractivity contribution is -0.148. The monoisotopic (exact) mass is 868 g/mol. The predicted octanol–water partition coefficient (Wildman–Crippen LogP) is 7.00. The van der Waals surface area contributed by atoms with Gasteiger partial charge in [-0.3, -0.25) is 19.0 Å². The summed E-state index contributed by atoms with van der Waals surface area (Å²) in [7, 11) is 3.73. The van der Waals surface area contributed by atoms with Crippen LogP contribution in [0, 0.1) is 13.8 Å². The van der Waals surface area contributed by atoms with Crippen LogP contribution in [0.4, 0.5) is 23.3 Å². The van der Waals surface area contributed by atoms with Crippen LogP contribution < -0.4 is 10.6 Å². The summed E-state index contributed by atoms with van der Waals surface area (Å²) in [5.41, 5.74) is 10.1. The molecule has 336 valence electrons. The summed E-state index contributed by atoms with van der Waals surface area (Å²) in [6.45, 7) is 15.1. The van der Waals surface area contributed by atoms with Crippen molar-refractivity contribution >= 4 is 35.1 Å². The molecule has 2 aliphatic rings. The Labute approximate surface area is 375 Å². The molecule has 6 heterocycles. The van der Waals surface area contributed by atoms with E-state index in [-0.39, 0.29) is 36.2 Å². The van der Waals surface area contributed by atoms with Gasteiger partial charge in [0.05, 0.1) is 59.6 Å². The van der Waals surface area contributed by atoms with Gasteiger partial charge < -0.3 is 29.9 Å². The maximum Gasteiger partial charge on any atom is 0.227 e. The van der Waals surface area contributed by atoms with Crippen molar-refractivity contribution in [2.24, 2.45) is 14.1 Å². The van der Waals surface area contributed by atoms with Gasteiger partial charge in [-0.05, 0) is 101 Å². The highest BCUT2D eigenvalue weighted by Gasteiger charge is 2.32. The van der Waals surface area contributed by atoms with Crippen molar-refractivity contribution in [2.45, 2.75) is 91.6 Å². The van der Waals surface area contributed by atoms with E-state index in [1.165, 1.54) is 11.1 Å². The van der Waals surface area contributed by atoms with Gasteiger partial charge in [0, 0.05) is 89.0 Å². The summed E-state index contributed by atoms with van der Waals surface area (Å²) in [6, 6.07) is 16.3. The van der Waals surface area contributed by atoms with Crippen molar-refractivity contribution in [3.8, 4) is 22.5 Å². The standard InChI is InChI=1S/2C24H30N6O2/c2*1-16(2)32-21-14-30(15-21)23(31)8-7-18-5-6-19(11-17(18)3)22-9-10-25-24(28-22)27-20-12-26-29(4)13-20/h2*5-6,9-13,16,21H,7-8,14-15H2,1-4H3,(H,25,27,28). The van der Waals surface area contributed by atoms with Gasteiger partial charge in [-0.15, -0.1) is 0 Å². The fraction of sp³-hybridized carbons (Fsp3) is 0.417. The second kappa shape index (κ2) is 20.8. The van der Waals surface area contributed by atoms with Gasteiger partial charge in [-0.25, -0.2) is 19.9 Å². The van der Waals surface area contributed by atoms with Crippen LogP contribution in [0.25, 0.3) is 22.5 Å². The average molecular weight is 869 g/mol. The number of aromatic nitrogens is 8. The number of anilines is 4. The Morgan fingerprint density at radius 2 is 1.05 bits per heavy atom. The summed E-state index contributed by atoms with van der Waals surface area (Å²) in [4.78, 5) is 46.5. The van der Waals surface area contributed by atoms with Gasteiger partial charge in [0.25, 0.3) is 0 Å². The molecule has 16 heteroatoms. The first-order valence-electron chi connectivity index (χ1n) is 22.0. The van der Waals surface area contributed by atoms with Gasteiger partial charge >= 0.3 is 0 Å². The smallest absolute Gasteiger partial charge is 0.227 e. The third-order valence-electron chi connectivity index (χ3n) is 11.1. The molecule has 0 aliphatic carbocycles. The molecule has 2 amide bonds. The van der Waals surface area contributed by atoms with Crippen LogP contribution in [0.1, 0.15) is 62.8 Å². The first-order valence-corrected chi connectivity index (χ1v) is 22.0. The number of nitrogens with zero attached hydrogens (tertiary/aromatic N) is 10. The number of carbonyl (C=O) groups excluding carboxylic acids is 2. The quantitative estimate of drug-likeness (QED) is 0.102. The normalized spacial score (nSPS) is 14.0. The van der Waals surface area contributed by atoms with E-state index in [2.05, 4.69) is 91.0 Å². The molecule has 2 aromatic carbocycles. The van der Waals surface area contributed by atoms with Crippen molar-refractivity contribution < 1.29 is 19.1 Å². The summed E-state index contributed by atoms with van der Waals surface area (Å²) in [5, 5.41) is 14.6. The molecule has 0 atom stereocenters. The van der Waals surface area contributed by atoms with Crippen molar-refractivity contribution in [1.82, 2.24) is 49.3 Å². The molecule has 16 nitrogen and oxygen atoms in total. The lowest BCUT2D eigenvalue weighted by atomic mass is 9.99. The van der Waals surface area contributed by atoms with E-state index in [9.17, 15) is 9.59 Å². The Morgan fingerprint density at radius 3 is 1.39 bits per heavy atom. The summed E-state index contributed by atoms with van der Waals surface area (Å²) < 4.78 is 14.9. The lowest BCUT2D eigenvalue weighted by Crippen LogP contribution is -2.55. The molecule has 0 saturated carbocycles. The van der Waals surface area contributed by atoms with E-state index in [1.54, 1.807) is 34.2 Å². The van der Waals surface area contributed by atoms with Crippen LogP contribution in [0.15, 0.2) is 85.7 Å². The fourth-order valence-electron chi connectivity index (χ4n) is 7.69. The van der Waals surface area contributed by atoms with Crippen molar-refractivity contribution in [3.05, 3.63) is 108 Å². The SMILES string of the molecule is Cc1cc(-c2ccnc(Nc3cnn(C)c3)n2)ccc1CCC(=O)N1CC(OC(C)C)C1.Cc1cc(-c2ccnc(Nc3cnn(C)c3)n2)ccc1CCC(=O)N1CC(OC(C)C)C1. The van der Waals surface area contributed by atoms with Crippen LogP contribution in [0.5, 0.6) is 0 Å². The average Bonchev–Trinajstić information content (AvgIpc) is 3.85. The van der Waals surface area contributed by atoms with Crippen molar-refractivity contribution in [2.75, 3.05) is 36.8 Å². The zero-order valence-electron chi connectivity index (χ0n) is 38.2. The molecule has 2 N–H and O–H groups in total. The largest absolute Gasteiger partial charge is 0.372 e. The van der Waals surface area contributed by atoms with Gasteiger partial charge in [0.15, 0.2) is 0 Å². The van der Waals surface area contributed by atoms with E-state index >= 15 is 0 Å². The minimum atomic E-state index is 0.186. The van der Waals surface area contributed by atoms with Gasteiger partial charge in [-0.1, -0.05) is 24.3 Å². The Kier molecular flexibility index (Phi) is 14.8. The summed E-state index contributed by atoms with van der Waals surface area (Å²) in [5.74, 6) is 1.44. The fourth-order valence-corrected chi connectivity index (χ4v) is 7.69. The number of amides is 2. The number of ether oxygens (including phenoxy) is 2. The molecule has 0 bridgehead atoms. The number of aryl methyl sites for hydroxylation is 6. The number of carbonyl (C=O) groups is 2. The highest BCUT2D eigenvalue weighted by atomic mass is 16.5. The maximum atomic E-state index is 12.5. The first-order chi connectivity index (χ1) is 30.7. The highest BCUT2D eigenvalue weighted by molar-refractivity contribution is 5.78. The molecule has 0 radical (unpaired) electrons. The Hall–Kier alpha value is -6.52. The Bertz CT molecular complexity index is 2350. The maximum absolute atomic E-state index is 12.5. The van der Waals surface area contributed by atoms with Crippen molar-refractivity contribution in [3.63, 3.8) is 0 Å². The van der Waals surface area contributed by atoms with Gasteiger partial charge in [-0.2, -0.15) is 10.2 Å². The van der Waals surface area contributed by atoms with E-state index in [0.29, 0.717) is 50.9 Å². The zero-order chi connectivity index (χ0) is 45.3. The lowest BCUT2D eigenvalue weighted by Gasteiger charge is -2.40. The van der Waals surface area contributed by atoms with Crippen LogP contribution in [0.2, 0.25) is 0 Å². The number of likely N-dealkylation sites (tertiary alicyclic amines) is 2. The second-order valence-electron chi connectivity index (χ2n) is 17.1. The Balaban J connectivity index is 0.000000191. The number of rotatable bonds is 16. The van der Waals surface area contributed by atoms with E-state index in [0.717, 1.165) is 57.9 Å². The molecule has 0 unspecified atom stereocenters. The van der Waals surface area contributed by atoms with Crippen LogP contribution in [-0.2, 0) is 46.0 Å². The van der Waals surface area contributed by atoms with Crippen molar-refractivity contribution in [1.29, 1.82) is 0 Å². The van der Waals surface area contributed by atoms with Crippen LogP contribution >= 0.6 is 0 Å². The molecular weight excluding hydrogens is 809 g/mol. The van der Waals surface area contributed by atoms with Crippen LogP contribution in [-0.4, -0.2) is 112 Å². The van der Waals surface area contributed by atoms with E-state index in [4.69, 9.17) is 9.47 Å². The molecule has 6 aromatic rings. The molecule has 4 aromatic heterocycles. The summed E-state index contributed by atoms with van der Waals surface area (Å²) >= 11 is 0. The molecule has 64 heavy (non-hydrogen) atoms. The number of hydrogen-bond donors (Lipinski definition) is 2. The summed E-state index contributed by atoms with van der Waals surface area (Å²) in [6.07, 6.45) is 14.0. The third-order valence-corrected chi connectivity index (χ3v) is 11.1. The predicted molar refractivity (Wildman–Crippen MR) is 247 cm³/mol. The third kappa shape index (κ3) is 12.3. The minimum absolute atomic E-state index is 0.186. The number of benzene rings is 2. The minimum Gasteiger partial charge on any atom is -0.372 e. The number of hydrogen-bond acceptors (Lipinski definition) is 12.